The lowest BCUT2D eigenvalue weighted by atomic mass is 10.3. The minimum Gasteiger partial charge on any atom is -0.260 e. The molecule has 0 saturated heterocycles. The summed E-state index contributed by atoms with van der Waals surface area (Å²) in [6, 6.07) is 0.364. The van der Waals surface area contributed by atoms with Crippen LogP contribution < -0.4 is 4.47 Å². The van der Waals surface area contributed by atoms with E-state index >= 15 is 0 Å². The van der Waals surface area contributed by atoms with Crippen LogP contribution in [0.5, 0.6) is 0 Å². The molecule has 1 heterocycles. The summed E-state index contributed by atoms with van der Waals surface area (Å²) in [5.74, 6) is -4.45. The highest BCUT2D eigenvalue weighted by atomic mass is 32.2. The van der Waals surface area contributed by atoms with Crippen LogP contribution in [0.1, 0.15) is 0 Å². The van der Waals surface area contributed by atoms with Crippen LogP contribution in [0.25, 0.3) is 0 Å². The average molecular weight is 325 g/mol. The third-order valence-corrected chi connectivity index (χ3v) is 4.52. The first-order chi connectivity index (χ1) is 9.37. The fourth-order valence-electron chi connectivity index (χ4n) is 1.32. The molecule has 0 aliphatic carbocycles. The Kier molecular flexibility index (Phi) is 3.92. The molecule has 0 fully saturated rings. The Morgan fingerprint density at radius 3 is 2.40 bits per heavy atom. The molecule has 1 aromatic heterocycles. The van der Waals surface area contributed by atoms with Crippen LogP contribution in [-0.4, -0.2) is 24.9 Å². The first-order valence-corrected chi connectivity index (χ1v) is 7.10. The first-order valence-electron chi connectivity index (χ1n) is 4.88. The number of anilines is 1. The van der Waals surface area contributed by atoms with Gasteiger partial charge in [0.1, 0.15) is 17.0 Å². The van der Waals surface area contributed by atoms with Crippen LogP contribution in [0.2, 0.25) is 0 Å². The fraction of sp³-hybridized carbons (Fsp3) is 0.111. The van der Waals surface area contributed by atoms with Gasteiger partial charge in [-0.3, -0.25) is 4.84 Å². The minimum atomic E-state index is -4.61. The van der Waals surface area contributed by atoms with Crippen LogP contribution >= 0.6 is 11.5 Å². The van der Waals surface area contributed by atoms with Gasteiger partial charge in [0.15, 0.2) is 11.6 Å². The Morgan fingerprint density at radius 1 is 1.20 bits per heavy atom. The highest BCUT2D eigenvalue weighted by Gasteiger charge is 2.31. The van der Waals surface area contributed by atoms with Gasteiger partial charge in [-0.1, -0.05) is 0 Å². The van der Waals surface area contributed by atoms with Gasteiger partial charge in [0.25, 0.3) is 10.0 Å². The summed E-state index contributed by atoms with van der Waals surface area (Å²) >= 11 is 0.661. The van der Waals surface area contributed by atoms with Gasteiger partial charge in [0.05, 0.1) is 7.11 Å². The van der Waals surface area contributed by atoms with Crippen molar-refractivity contribution in [2.75, 3.05) is 11.6 Å². The smallest absolute Gasteiger partial charge is 0.260 e. The molecule has 0 unspecified atom stereocenters. The molecule has 2 aromatic rings. The second-order valence-corrected chi connectivity index (χ2v) is 5.82. The Bertz CT molecular complexity index is 722. The molecule has 0 N–H and O–H groups in total. The maximum absolute atomic E-state index is 13.6. The van der Waals surface area contributed by atoms with Crippen molar-refractivity contribution < 1.29 is 26.4 Å². The van der Waals surface area contributed by atoms with Crippen molar-refractivity contribution in [3.63, 3.8) is 0 Å². The number of aromatic nitrogens is 2. The molecule has 108 valence electrons. The minimum absolute atomic E-state index is 0.135. The standard InChI is InChI=1S/C9H6F3N3O3S2/c1-18-15(9-13-4-14-19-9)20(16,17)8-3-6(11)5(10)2-7(8)12/h2-4H,1H3. The predicted octanol–water partition coefficient (Wildman–Crippen LogP) is 1.71. The zero-order valence-corrected chi connectivity index (χ0v) is 11.4. The molecular weight excluding hydrogens is 319 g/mol. The van der Waals surface area contributed by atoms with Crippen molar-refractivity contribution in [1.82, 2.24) is 9.36 Å². The number of rotatable bonds is 4. The third-order valence-electron chi connectivity index (χ3n) is 2.14. The molecular formula is C9H6F3N3O3S2. The lowest BCUT2D eigenvalue weighted by molar-refractivity contribution is 0.215. The van der Waals surface area contributed by atoms with Crippen molar-refractivity contribution in [3.8, 4) is 0 Å². The van der Waals surface area contributed by atoms with Gasteiger partial charge >= 0.3 is 0 Å². The highest BCUT2D eigenvalue weighted by molar-refractivity contribution is 7.92. The number of benzene rings is 1. The first kappa shape index (κ1) is 14.7. The summed E-state index contributed by atoms with van der Waals surface area (Å²) in [5, 5.41) is -0.211. The molecule has 1 aromatic carbocycles. The van der Waals surface area contributed by atoms with Gasteiger partial charge in [-0.2, -0.15) is 12.8 Å². The Hall–Kier alpha value is -1.72. The van der Waals surface area contributed by atoms with Crippen LogP contribution in [-0.2, 0) is 14.9 Å². The van der Waals surface area contributed by atoms with Crippen molar-refractivity contribution in [3.05, 3.63) is 35.9 Å². The molecule has 2 rings (SSSR count). The SMILES string of the molecule is CON(c1ncns1)S(=O)(=O)c1cc(F)c(F)cc1F. The van der Waals surface area contributed by atoms with E-state index in [2.05, 4.69) is 14.2 Å². The molecule has 0 bridgehead atoms. The van der Waals surface area contributed by atoms with E-state index in [-0.39, 0.29) is 21.7 Å². The third kappa shape index (κ3) is 2.46. The van der Waals surface area contributed by atoms with E-state index in [0.29, 0.717) is 11.5 Å². The van der Waals surface area contributed by atoms with E-state index < -0.39 is 32.4 Å². The summed E-state index contributed by atoms with van der Waals surface area (Å²) in [7, 11) is -3.61. The fourth-order valence-corrected chi connectivity index (χ4v) is 3.32. The summed E-state index contributed by atoms with van der Waals surface area (Å²) in [6.45, 7) is 0. The molecule has 11 heteroatoms. The molecule has 0 saturated carbocycles. The van der Waals surface area contributed by atoms with Crippen LogP contribution in [0.3, 0.4) is 0 Å². The van der Waals surface area contributed by atoms with Crippen LogP contribution in [0, 0.1) is 17.5 Å². The van der Waals surface area contributed by atoms with Gasteiger partial charge in [-0.25, -0.2) is 18.2 Å². The molecule has 20 heavy (non-hydrogen) atoms. The Morgan fingerprint density at radius 2 is 1.85 bits per heavy atom. The van der Waals surface area contributed by atoms with Crippen molar-refractivity contribution in [2.45, 2.75) is 4.90 Å². The average Bonchev–Trinajstić information content (AvgIpc) is 2.87. The quantitative estimate of drug-likeness (QED) is 0.632. The molecule has 0 radical (unpaired) electrons. The number of hydrogen-bond acceptors (Lipinski definition) is 6. The monoisotopic (exact) mass is 325 g/mol. The maximum atomic E-state index is 13.6. The Balaban J connectivity index is 2.57. The van der Waals surface area contributed by atoms with Crippen molar-refractivity contribution in [1.29, 1.82) is 0 Å². The zero-order valence-electron chi connectivity index (χ0n) is 9.75. The molecule has 0 aliphatic heterocycles. The van der Waals surface area contributed by atoms with Crippen molar-refractivity contribution >= 4 is 26.7 Å². The van der Waals surface area contributed by atoms with E-state index in [1.54, 1.807) is 0 Å². The number of nitrogens with zero attached hydrogens (tertiary/aromatic N) is 3. The van der Waals surface area contributed by atoms with E-state index in [1.165, 1.54) is 0 Å². The Labute approximate surface area is 115 Å². The van der Waals surface area contributed by atoms with Crippen LogP contribution in [0.15, 0.2) is 23.4 Å². The summed E-state index contributed by atoms with van der Waals surface area (Å²) < 4.78 is 67.6. The summed E-state index contributed by atoms with van der Waals surface area (Å²) in [4.78, 5) is 7.12. The number of halogens is 3. The van der Waals surface area contributed by atoms with Crippen molar-refractivity contribution in [2.24, 2.45) is 0 Å². The molecule has 0 spiro atoms. The normalized spacial score (nSPS) is 11.6. The van der Waals surface area contributed by atoms with Gasteiger partial charge in [-0.15, -0.1) is 4.47 Å². The summed E-state index contributed by atoms with van der Waals surface area (Å²) in [5.41, 5.74) is 0. The predicted molar refractivity (Wildman–Crippen MR) is 62.9 cm³/mol. The zero-order chi connectivity index (χ0) is 14.9. The second-order valence-electron chi connectivity index (χ2n) is 3.34. The van der Waals surface area contributed by atoms with Gasteiger partial charge in [0, 0.05) is 23.7 Å². The van der Waals surface area contributed by atoms with E-state index in [9.17, 15) is 21.6 Å². The summed E-state index contributed by atoms with van der Waals surface area (Å²) in [6.07, 6.45) is 1.06. The molecule has 0 atom stereocenters. The molecule has 0 amide bonds. The van der Waals surface area contributed by atoms with Gasteiger partial charge in [0.2, 0.25) is 5.13 Å². The lowest BCUT2D eigenvalue weighted by Crippen LogP contribution is -2.30. The topological polar surface area (TPSA) is 72.4 Å². The second kappa shape index (κ2) is 5.34. The number of hydrogen-bond donors (Lipinski definition) is 0. The largest absolute Gasteiger partial charge is 0.292 e. The molecule has 6 nitrogen and oxygen atoms in total. The van der Waals surface area contributed by atoms with E-state index in [1.807, 2.05) is 0 Å². The van der Waals surface area contributed by atoms with Crippen LogP contribution in [0.4, 0.5) is 18.3 Å². The van der Waals surface area contributed by atoms with E-state index in [0.717, 1.165) is 13.4 Å². The molecule has 0 aliphatic rings. The number of sulfonamides is 1. The van der Waals surface area contributed by atoms with E-state index in [4.69, 9.17) is 0 Å². The van der Waals surface area contributed by atoms with Gasteiger partial charge in [-0.05, 0) is 0 Å². The van der Waals surface area contributed by atoms with Gasteiger partial charge < -0.3 is 0 Å². The maximum Gasteiger partial charge on any atom is 0.292 e. The highest BCUT2D eigenvalue weighted by Crippen LogP contribution is 2.27. The lowest BCUT2D eigenvalue weighted by Gasteiger charge is -2.18.